The number of nitrogens with zero attached hydrogens (tertiary/aromatic N) is 1. The fourth-order valence-corrected chi connectivity index (χ4v) is 3.51. The normalized spacial score (nSPS) is 24.3. The summed E-state index contributed by atoms with van der Waals surface area (Å²) in [6, 6.07) is 3.01. The standard InChI is InChI=1S/C11H17N3O3S/c1-17-9-5-4-8(7-9)14-18(15,16)11-10(12)3-2-6-13-11/h2-3,6,8-9,14H,4-5,7,12H2,1H3. The van der Waals surface area contributed by atoms with E-state index in [1.165, 1.54) is 12.3 Å². The van der Waals surface area contributed by atoms with Gasteiger partial charge in [-0.3, -0.25) is 0 Å². The van der Waals surface area contributed by atoms with Gasteiger partial charge in [0.05, 0.1) is 11.8 Å². The number of methoxy groups -OCH3 is 1. The van der Waals surface area contributed by atoms with Gasteiger partial charge >= 0.3 is 0 Å². The Bertz CT molecular complexity index is 518. The number of hydrogen-bond acceptors (Lipinski definition) is 5. The fraction of sp³-hybridized carbons (Fsp3) is 0.545. The Kier molecular flexibility index (Phi) is 3.84. The van der Waals surface area contributed by atoms with E-state index < -0.39 is 10.0 Å². The molecule has 6 nitrogen and oxygen atoms in total. The van der Waals surface area contributed by atoms with Crippen molar-refractivity contribution in [3.63, 3.8) is 0 Å². The van der Waals surface area contributed by atoms with Crippen molar-refractivity contribution in [1.82, 2.24) is 9.71 Å². The van der Waals surface area contributed by atoms with Gasteiger partial charge in [-0.2, -0.15) is 0 Å². The lowest BCUT2D eigenvalue weighted by atomic mass is 10.3. The van der Waals surface area contributed by atoms with Crippen LogP contribution in [0.4, 0.5) is 5.69 Å². The quantitative estimate of drug-likeness (QED) is 0.832. The summed E-state index contributed by atoms with van der Waals surface area (Å²) in [6.45, 7) is 0. The van der Waals surface area contributed by atoms with Gasteiger partial charge in [0.2, 0.25) is 0 Å². The van der Waals surface area contributed by atoms with Crippen LogP contribution in [-0.4, -0.2) is 32.7 Å². The van der Waals surface area contributed by atoms with Crippen LogP contribution in [-0.2, 0) is 14.8 Å². The number of anilines is 1. The molecular formula is C11H17N3O3S. The number of nitrogens with two attached hydrogens (primary N) is 1. The summed E-state index contributed by atoms with van der Waals surface area (Å²) in [4.78, 5) is 3.82. The molecule has 0 bridgehead atoms. The second-order valence-corrected chi connectivity index (χ2v) is 6.02. The zero-order chi connectivity index (χ0) is 13.2. The number of nitrogens with one attached hydrogen (secondary N) is 1. The third kappa shape index (κ3) is 2.80. The number of rotatable bonds is 4. The predicted octanol–water partition coefficient (Wildman–Crippen LogP) is 0.510. The summed E-state index contributed by atoms with van der Waals surface area (Å²) in [5.74, 6) is 0. The van der Waals surface area contributed by atoms with Crippen molar-refractivity contribution in [2.45, 2.75) is 36.4 Å². The molecule has 7 heteroatoms. The van der Waals surface area contributed by atoms with Crippen molar-refractivity contribution in [3.8, 4) is 0 Å². The molecule has 0 amide bonds. The van der Waals surface area contributed by atoms with Crippen LogP contribution in [0.3, 0.4) is 0 Å². The van der Waals surface area contributed by atoms with Crippen molar-refractivity contribution in [1.29, 1.82) is 0 Å². The minimum Gasteiger partial charge on any atom is -0.396 e. The van der Waals surface area contributed by atoms with Gasteiger partial charge in [0.1, 0.15) is 0 Å². The number of ether oxygens (including phenoxy) is 1. The third-order valence-electron chi connectivity index (χ3n) is 3.09. The van der Waals surface area contributed by atoms with Crippen LogP contribution in [0, 0.1) is 0 Å². The van der Waals surface area contributed by atoms with Crippen molar-refractivity contribution in [2.24, 2.45) is 0 Å². The molecular weight excluding hydrogens is 254 g/mol. The van der Waals surface area contributed by atoms with Crippen LogP contribution < -0.4 is 10.5 Å². The Labute approximate surface area is 107 Å². The van der Waals surface area contributed by atoms with Gasteiger partial charge in [0.25, 0.3) is 10.0 Å². The Balaban J connectivity index is 2.11. The van der Waals surface area contributed by atoms with Crippen LogP contribution in [0.5, 0.6) is 0 Å². The average Bonchev–Trinajstić information content (AvgIpc) is 2.76. The van der Waals surface area contributed by atoms with Gasteiger partial charge in [-0.1, -0.05) is 0 Å². The number of nitrogen functional groups attached to an aromatic ring is 1. The monoisotopic (exact) mass is 271 g/mol. The molecule has 2 atom stereocenters. The van der Waals surface area contributed by atoms with Gasteiger partial charge in [0, 0.05) is 19.3 Å². The molecule has 2 rings (SSSR count). The van der Waals surface area contributed by atoms with Gasteiger partial charge in [-0.25, -0.2) is 18.1 Å². The molecule has 0 saturated heterocycles. The van der Waals surface area contributed by atoms with E-state index in [1.807, 2.05) is 0 Å². The second kappa shape index (κ2) is 5.21. The number of pyridine rings is 1. The number of hydrogen-bond donors (Lipinski definition) is 2. The fourth-order valence-electron chi connectivity index (χ4n) is 2.16. The number of aromatic nitrogens is 1. The molecule has 1 aliphatic carbocycles. The van der Waals surface area contributed by atoms with Gasteiger partial charge in [0.15, 0.2) is 5.03 Å². The molecule has 1 fully saturated rings. The smallest absolute Gasteiger partial charge is 0.260 e. The van der Waals surface area contributed by atoms with E-state index >= 15 is 0 Å². The Morgan fingerprint density at radius 3 is 2.89 bits per heavy atom. The summed E-state index contributed by atoms with van der Waals surface area (Å²) in [7, 11) is -2.01. The van der Waals surface area contributed by atoms with E-state index in [-0.39, 0.29) is 22.9 Å². The highest BCUT2D eigenvalue weighted by Crippen LogP contribution is 2.23. The molecule has 3 N–H and O–H groups in total. The molecule has 18 heavy (non-hydrogen) atoms. The molecule has 1 saturated carbocycles. The molecule has 1 aliphatic rings. The lowest BCUT2D eigenvalue weighted by Gasteiger charge is -2.13. The maximum atomic E-state index is 12.1. The highest BCUT2D eigenvalue weighted by atomic mass is 32.2. The Hall–Kier alpha value is -1.18. The number of sulfonamides is 1. The van der Waals surface area contributed by atoms with Crippen LogP contribution in [0.2, 0.25) is 0 Å². The van der Waals surface area contributed by atoms with E-state index in [2.05, 4.69) is 9.71 Å². The molecule has 1 aromatic rings. The molecule has 2 unspecified atom stereocenters. The Morgan fingerprint density at radius 2 is 2.28 bits per heavy atom. The molecule has 1 heterocycles. The van der Waals surface area contributed by atoms with E-state index in [0.717, 1.165) is 12.8 Å². The molecule has 0 aromatic carbocycles. The Morgan fingerprint density at radius 1 is 1.50 bits per heavy atom. The van der Waals surface area contributed by atoms with E-state index in [1.54, 1.807) is 13.2 Å². The van der Waals surface area contributed by atoms with E-state index in [0.29, 0.717) is 6.42 Å². The molecule has 1 aromatic heterocycles. The topological polar surface area (TPSA) is 94.3 Å². The van der Waals surface area contributed by atoms with Crippen LogP contribution in [0.25, 0.3) is 0 Å². The maximum absolute atomic E-state index is 12.1. The first-order chi connectivity index (χ1) is 8.53. The summed E-state index contributed by atoms with van der Waals surface area (Å²) >= 11 is 0. The summed E-state index contributed by atoms with van der Waals surface area (Å²) in [5.41, 5.74) is 5.79. The van der Waals surface area contributed by atoms with Crippen molar-refractivity contribution in [2.75, 3.05) is 12.8 Å². The second-order valence-electron chi connectivity index (χ2n) is 4.39. The first-order valence-corrected chi connectivity index (χ1v) is 7.27. The van der Waals surface area contributed by atoms with Gasteiger partial charge in [-0.15, -0.1) is 0 Å². The SMILES string of the molecule is COC1CCC(NS(=O)(=O)c2ncccc2N)C1. The zero-order valence-electron chi connectivity index (χ0n) is 10.2. The lowest BCUT2D eigenvalue weighted by molar-refractivity contribution is 0.107. The lowest BCUT2D eigenvalue weighted by Crippen LogP contribution is -2.34. The van der Waals surface area contributed by atoms with Crippen molar-refractivity contribution < 1.29 is 13.2 Å². The molecule has 0 spiro atoms. The largest absolute Gasteiger partial charge is 0.396 e. The van der Waals surface area contributed by atoms with Crippen molar-refractivity contribution >= 4 is 15.7 Å². The highest BCUT2D eigenvalue weighted by Gasteiger charge is 2.29. The van der Waals surface area contributed by atoms with E-state index in [4.69, 9.17) is 10.5 Å². The highest BCUT2D eigenvalue weighted by molar-refractivity contribution is 7.89. The molecule has 0 aliphatic heterocycles. The van der Waals surface area contributed by atoms with Gasteiger partial charge < -0.3 is 10.5 Å². The predicted molar refractivity (Wildman–Crippen MR) is 67.4 cm³/mol. The summed E-state index contributed by atoms with van der Waals surface area (Å²) < 4.78 is 32.1. The van der Waals surface area contributed by atoms with Gasteiger partial charge in [-0.05, 0) is 31.4 Å². The molecule has 100 valence electrons. The maximum Gasteiger partial charge on any atom is 0.260 e. The summed E-state index contributed by atoms with van der Waals surface area (Å²) in [6.07, 6.45) is 3.85. The molecule has 0 radical (unpaired) electrons. The average molecular weight is 271 g/mol. The minimum absolute atomic E-state index is 0.106. The third-order valence-corrected chi connectivity index (χ3v) is 4.59. The van der Waals surface area contributed by atoms with Crippen molar-refractivity contribution in [3.05, 3.63) is 18.3 Å². The minimum atomic E-state index is -3.65. The zero-order valence-corrected chi connectivity index (χ0v) is 11.0. The summed E-state index contributed by atoms with van der Waals surface area (Å²) in [5, 5.41) is -0.106. The van der Waals surface area contributed by atoms with E-state index in [9.17, 15) is 8.42 Å². The van der Waals surface area contributed by atoms with Crippen LogP contribution in [0.1, 0.15) is 19.3 Å². The first kappa shape index (κ1) is 13.3. The van der Waals surface area contributed by atoms with Crippen LogP contribution in [0.15, 0.2) is 23.4 Å². The van der Waals surface area contributed by atoms with Crippen LogP contribution >= 0.6 is 0 Å². The first-order valence-electron chi connectivity index (χ1n) is 5.78.